The minimum absolute atomic E-state index is 0.00779. The van der Waals surface area contributed by atoms with Gasteiger partial charge in [-0.3, -0.25) is 4.79 Å². The number of morpholine rings is 1. The molecule has 34 heavy (non-hydrogen) atoms. The molecule has 2 aliphatic heterocycles. The second-order valence-corrected chi connectivity index (χ2v) is 9.84. The Hall–Kier alpha value is -3.07. The molecule has 0 bridgehead atoms. The molecule has 0 aliphatic carbocycles. The van der Waals surface area contributed by atoms with Crippen LogP contribution in [0.5, 0.6) is 0 Å². The van der Waals surface area contributed by atoms with Crippen molar-refractivity contribution in [2.45, 2.75) is 58.3 Å². The van der Waals surface area contributed by atoms with E-state index in [4.69, 9.17) is 18.6 Å². The lowest BCUT2D eigenvalue weighted by Gasteiger charge is -2.32. The molecule has 2 aliphatic rings. The molecule has 1 aromatic heterocycles. The van der Waals surface area contributed by atoms with E-state index in [0.717, 1.165) is 6.42 Å². The maximum Gasteiger partial charge on any atom is 0.410 e. The van der Waals surface area contributed by atoms with Crippen molar-refractivity contribution < 1.29 is 28.2 Å². The topological polar surface area (TPSA) is 98.5 Å². The highest BCUT2D eigenvalue weighted by molar-refractivity contribution is 5.95. The highest BCUT2D eigenvalue weighted by Gasteiger charge is 2.35. The zero-order valence-corrected chi connectivity index (χ0v) is 20.4. The predicted molar refractivity (Wildman–Crippen MR) is 126 cm³/mol. The van der Waals surface area contributed by atoms with Gasteiger partial charge in [-0.25, -0.2) is 9.59 Å². The number of ether oxygens (including phenoxy) is 3. The lowest BCUT2D eigenvalue weighted by atomic mass is 9.98. The number of likely N-dealkylation sites (tertiary alicyclic amines) is 1. The number of anilines is 1. The summed E-state index contributed by atoms with van der Waals surface area (Å²) < 4.78 is 22.5. The second kappa shape index (κ2) is 9.29. The van der Waals surface area contributed by atoms with Crippen LogP contribution < -0.4 is 10.3 Å². The van der Waals surface area contributed by atoms with Gasteiger partial charge >= 0.3 is 12.1 Å². The van der Waals surface area contributed by atoms with Crippen LogP contribution in [0.2, 0.25) is 0 Å². The van der Waals surface area contributed by atoms with Crippen molar-refractivity contribution in [1.29, 1.82) is 0 Å². The SMILES string of the molecule is COC(=O)c1cc(C2CCCN2C(=O)OC(C)(C)C)c2oc(N3CCOC(C)C3)cc(=O)c2c1. The van der Waals surface area contributed by atoms with E-state index in [-0.39, 0.29) is 22.5 Å². The molecule has 0 saturated carbocycles. The Labute approximate surface area is 198 Å². The van der Waals surface area contributed by atoms with Crippen molar-refractivity contribution in [3.8, 4) is 0 Å². The number of carbonyl (C=O) groups excluding carboxylic acids is 2. The normalized spacial score (nSPS) is 21.1. The number of nitrogens with zero attached hydrogens (tertiary/aromatic N) is 2. The number of methoxy groups -OCH3 is 1. The van der Waals surface area contributed by atoms with E-state index in [0.29, 0.717) is 49.7 Å². The fraction of sp³-hybridized carbons (Fsp3) is 0.560. The molecule has 2 fully saturated rings. The van der Waals surface area contributed by atoms with E-state index in [1.807, 2.05) is 32.6 Å². The first-order valence-corrected chi connectivity index (χ1v) is 11.6. The molecule has 2 unspecified atom stereocenters. The smallest absolute Gasteiger partial charge is 0.410 e. The maximum atomic E-state index is 13.2. The van der Waals surface area contributed by atoms with Crippen molar-refractivity contribution in [3.63, 3.8) is 0 Å². The van der Waals surface area contributed by atoms with E-state index in [9.17, 15) is 14.4 Å². The summed E-state index contributed by atoms with van der Waals surface area (Å²) in [6, 6.07) is 4.21. The standard InChI is InChI=1S/C25H32N2O7/c1-15-14-26(9-10-32-15)21-13-20(28)18-12-16(23(29)31-5)11-17(22(18)33-21)19-7-6-8-27(19)24(30)34-25(2,3)4/h11-13,15,19H,6-10,14H2,1-5H3. The van der Waals surface area contributed by atoms with Gasteiger partial charge in [0, 0.05) is 31.3 Å². The van der Waals surface area contributed by atoms with Gasteiger partial charge in [-0.1, -0.05) is 0 Å². The Kier molecular flexibility index (Phi) is 6.58. The predicted octanol–water partition coefficient (Wildman–Crippen LogP) is 3.88. The minimum atomic E-state index is -0.646. The molecular formula is C25H32N2O7. The Bertz CT molecular complexity index is 1150. The highest BCUT2D eigenvalue weighted by Crippen LogP contribution is 2.38. The van der Waals surface area contributed by atoms with Crippen molar-refractivity contribution in [2.24, 2.45) is 0 Å². The van der Waals surface area contributed by atoms with Gasteiger partial charge in [0.2, 0.25) is 0 Å². The van der Waals surface area contributed by atoms with Crippen LogP contribution in [0.3, 0.4) is 0 Å². The van der Waals surface area contributed by atoms with Gasteiger partial charge in [-0.15, -0.1) is 0 Å². The van der Waals surface area contributed by atoms with E-state index in [2.05, 4.69) is 0 Å². The van der Waals surface area contributed by atoms with Gasteiger partial charge < -0.3 is 28.4 Å². The molecule has 1 aromatic carbocycles. The first-order chi connectivity index (χ1) is 16.1. The number of fused-ring (bicyclic) bond motifs is 1. The quantitative estimate of drug-likeness (QED) is 0.621. The van der Waals surface area contributed by atoms with Crippen molar-refractivity contribution in [2.75, 3.05) is 38.3 Å². The molecule has 2 saturated heterocycles. The van der Waals surface area contributed by atoms with Crippen LogP contribution in [-0.2, 0) is 14.2 Å². The van der Waals surface area contributed by atoms with Crippen molar-refractivity contribution in [3.05, 3.63) is 39.5 Å². The number of carbonyl (C=O) groups is 2. The third-order valence-corrected chi connectivity index (χ3v) is 6.06. The van der Waals surface area contributed by atoms with Gasteiger partial charge in [0.1, 0.15) is 11.2 Å². The Morgan fingerprint density at radius 2 is 1.91 bits per heavy atom. The molecule has 0 radical (unpaired) electrons. The van der Waals surface area contributed by atoms with E-state index in [1.165, 1.54) is 19.2 Å². The van der Waals surface area contributed by atoms with E-state index >= 15 is 0 Å². The third-order valence-electron chi connectivity index (χ3n) is 6.06. The molecule has 9 nitrogen and oxygen atoms in total. The number of rotatable bonds is 3. The zero-order chi connectivity index (χ0) is 24.6. The van der Waals surface area contributed by atoms with Crippen LogP contribution >= 0.6 is 0 Å². The second-order valence-electron chi connectivity index (χ2n) is 9.84. The molecule has 2 aromatic rings. The van der Waals surface area contributed by atoms with Crippen LogP contribution in [-0.4, -0.2) is 62.0 Å². The molecule has 9 heteroatoms. The minimum Gasteiger partial charge on any atom is -0.465 e. The fourth-order valence-electron chi connectivity index (χ4n) is 4.56. The Balaban J connectivity index is 1.85. The molecule has 2 atom stereocenters. The van der Waals surface area contributed by atoms with Gasteiger partial charge in [0.25, 0.3) is 0 Å². The lowest BCUT2D eigenvalue weighted by Crippen LogP contribution is -2.41. The van der Waals surface area contributed by atoms with Crippen LogP contribution in [0.15, 0.2) is 27.4 Å². The van der Waals surface area contributed by atoms with Gasteiger partial charge in [-0.05, 0) is 52.7 Å². The molecule has 0 spiro atoms. The number of amides is 1. The first kappa shape index (κ1) is 24.1. The molecule has 0 N–H and O–H groups in total. The van der Waals surface area contributed by atoms with E-state index in [1.54, 1.807) is 11.0 Å². The average molecular weight is 473 g/mol. The number of benzene rings is 1. The van der Waals surface area contributed by atoms with Crippen molar-refractivity contribution in [1.82, 2.24) is 4.90 Å². The van der Waals surface area contributed by atoms with E-state index < -0.39 is 23.7 Å². The van der Waals surface area contributed by atoms with Crippen LogP contribution in [0.1, 0.15) is 62.5 Å². The molecule has 184 valence electrons. The number of hydrogen-bond donors (Lipinski definition) is 0. The molecule has 3 heterocycles. The Morgan fingerprint density at radius 1 is 1.15 bits per heavy atom. The summed E-state index contributed by atoms with van der Waals surface area (Å²) in [7, 11) is 1.29. The summed E-state index contributed by atoms with van der Waals surface area (Å²) in [4.78, 5) is 42.2. The average Bonchev–Trinajstić information content (AvgIpc) is 3.27. The van der Waals surface area contributed by atoms with Crippen LogP contribution in [0, 0.1) is 0 Å². The summed E-state index contributed by atoms with van der Waals surface area (Å²) in [5.74, 6) is -0.114. The summed E-state index contributed by atoms with van der Waals surface area (Å²) in [6.07, 6.45) is 0.987. The largest absolute Gasteiger partial charge is 0.465 e. The molecule has 1 amide bonds. The third kappa shape index (κ3) is 4.89. The highest BCUT2D eigenvalue weighted by atomic mass is 16.6. The van der Waals surface area contributed by atoms with Gasteiger partial charge in [0.05, 0.1) is 36.8 Å². The maximum absolute atomic E-state index is 13.2. The van der Waals surface area contributed by atoms with Crippen molar-refractivity contribution >= 4 is 28.9 Å². The zero-order valence-electron chi connectivity index (χ0n) is 20.4. The van der Waals surface area contributed by atoms with Gasteiger partial charge in [-0.2, -0.15) is 0 Å². The summed E-state index contributed by atoms with van der Waals surface area (Å²) in [6.45, 7) is 9.66. The summed E-state index contributed by atoms with van der Waals surface area (Å²) in [5.41, 5.74) is 0.300. The number of hydrogen-bond acceptors (Lipinski definition) is 8. The number of esters is 1. The summed E-state index contributed by atoms with van der Waals surface area (Å²) >= 11 is 0. The van der Waals surface area contributed by atoms with Crippen LogP contribution in [0.4, 0.5) is 10.7 Å². The summed E-state index contributed by atoms with van der Waals surface area (Å²) in [5, 5.41) is 0.277. The van der Waals surface area contributed by atoms with Crippen LogP contribution in [0.25, 0.3) is 11.0 Å². The molecular weight excluding hydrogens is 440 g/mol. The fourth-order valence-corrected chi connectivity index (χ4v) is 4.56. The monoisotopic (exact) mass is 472 g/mol. The Morgan fingerprint density at radius 3 is 2.59 bits per heavy atom. The van der Waals surface area contributed by atoms with Gasteiger partial charge in [0.15, 0.2) is 11.3 Å². The first-order valence-electron chi connectivity index (χ1n) is 11.6. The lowest BCUT2D eigenvalue weighted by molar-refractivity contribution is 0.0225. The molecule has 4 rings (SSSR count).